The molecule has 3 atom stereocenters. The Balaban J connectivity index is 1.70. The van der Waals surface area contributed by atoms with Crippen molar-refractivity contribution in [3.63, 3.8) is 0 Å². The van der Waals surface area contributed by atoms with E-state index >= 15 is 0 Å². The van der Waals surface area contributed by atoms with Crippen LogP contribution in [0.15, 0.2) is 53.4 Å². The minimum atomic E-state index is -4.52. The molecule has 0 saturated carbocycles. The zero-order valence-corrected chi connectivity index (χ0v) is 13.9. The molecule has 0 amide bonds. The van der Waals surface area contributed by atoms with Crippen molar-refractivity contribution < 1.29 is 27.1 Å². The highest BCUT2D eigenvalue weighted by Gasteiger charge is 2.41. The highest BCUT2D eigenvalue weighted by atomic mass is 19.4. The number of rotatable bonds is 5. The van der Waals surface area contributed by atoms with Crippen LogP contribution in [0.4, 0.5) is 22.0 Å². The van der Waals surface area contributed by atoms with Crippen LogP contribution in [0, 0.1) is 5.92 Å². The topological polar surface area (TPSA) is 59.9 Å². The highest BCUT2D eigenvalue weighted by molar-refractivity contribution is 5.65. The number of hydrogen-bond donors (Lipinski definition) is 3. The minimum Gasteiger partial charge on any atom is -0.378 e. The number of fused-ring (bicyclic) bond motifs is 1. The summed E-state index contributed by atoms with van der Waals surface area (Å²) in [5, 5.41) is 20.7. The van der Waals surface area contributed by atoms with Gasteiger partial charge in [-0.1, -0.05) is 24.8 Å². The van der Waals surface area contributed by atoms with Gasteiger partial charge in [0.1, 0.15) is 18.1 Å². The normalized spacial score (nSPS) is 23.3. The summed E-state index contributed by atoms with van der Waals surface area (Å²) in [6, 6.07) is 4.99. The molecule has 0 aliphatic carbocycles. The Morgan fingerprint density at radius 3 is 2.67 bits per heavy atom. The molecule has 2 aliphatic heterocycles. The SMILES string of the molecule is C=C1C=C(C(F)F)N2N=CC(C(O)NCc3ccccc3C(F)(F)F)C2N1. The molecular formula is C17H17F5N4O. The van der Waals surface area contributed by atoms with E-state index in [1.54, 1.807) is 0 Å². The predicted octanol–water partition coefficient (Wildman–Crippen LogP) is 2.62. The van der Waals surface area contributed by atoms with Crippen molar-refractivity contribution >= 4 is 6.21 Å². The zero-order chi connectivity index (χ0) is 19.8. The number of benzene rings is 1. The van der Waals surface area contributed by atoms with Crippen molar-refractivity contribution in [3.8, 4) is 0 Å². The van der Waals surface area contributed by atoms with E-state index in [-0.39, 0.29) is 23.5 Å². The molecule has 3 N–H and O–H groups in total. The Hall–Kier alpha value is -2.46. The molecule has 3 unspecified atom stereocenters. The van der Waals surface area contributed by atoms with Crippen molar-refractivity contribution in [1.82, 2.24) is 15.6 Å². The first kappa shape index (κ1) is 19.3. The van der Waals surface area contributed by atoms with Crippen molar-refractivity contribution in [2.24, 2.45) is 11.0 Å². The van der Waals surface area contributed by atoms with Crippen molar-refractivity contribution in [3.05, 3.63) is 59.4 Å². The third-order valence-electron chi connectivity index (χ3n) is 4.32. The van der Waals surface area contributed by atoms with Gasteiger partial charge in [-0.25, -0.2) is 13.8 Å². The Kier molecular flexibility index (Phi) is 5.20. The maximum absolute atomic E-state index is 13.1. The number of aliphatic hydroxyl groups excluding tert-OH is 1. The van der Waals surface area contributed by atoms with Gasteiger partial charge in [0.15, 0.2) is 0 Å². The number of nitrogens with zero attached hydrogens (tertiary/aromatic N) is 2. The first-order valence-electron chi connectivity index (χ1n) is 8.03. The van der Waals surface area contributed by atoms with E-state index in [1.165, 1.54) is 24.4 Å². The summed E-state index contributed by atoms with van der Waals surface area (Å²) in [5.74, 6) is -0.776. The number of hydrazone groups is 1. The van der Waals surface area contributed by atoms with E-state index in [0.717, 1.165) is 17.2 Å². The summed E-state index contributed by atoms with van der Waals surface area (Å²) in [4.78, 5) is 0. The van der Waals surface area contributed by atoms with Gasteiger partial charge < -0.3 is 10.4 Å². The molecule has 146 valence electrons. The van der Waals surface area contributed by atoms with Gasteiger partial charge in [-0.15, -0.1) is 0 Å². The van der Waals surface area contributed by atoms with Crippen LogP contribution < -0.4 is 10.6 Å². The maximum atomic E-state index is 13.1. The van der Waals surface area contributed by atoms with Crippen LogP contribution in [0.2, 0.25) is 0 Å². The standard InChI is InChI=1S/C17H17F5N4O/c1-9-6-13(14(18)19)26-15(25-9)11(8-24-26)16(27)23-7-10-4-2-3-5-12(10)17(20,21)22/h2-6,8,11,14-16,23,25,27H,1,7H2. The van der Waals surface area contributed by atoms with E-state index in [9.17, 15) is 27.1 Å². The summed E-state index contributed by atoms with van der Waals surface area (Å²) in [5.41, 5.74) is -0.975. The fraction of sp³-hybridized carbons (Fsp3) is 0.353. The van der Waals surface area contributed by atoms with Gasteiger partial charge in [-0.3, -0.25) is 5.32 Å². The quantitative estimate of drug-likeness (QED) is 0.536. The maximum Gasteiger partial charge on any atom is 0.416 e. The summed E-state index contributed by atoms with van der Waals surface area (Å²) in [7, 11) is 0. The molecule has 0 radical (unpaired) electrons. The first-order chi connectivity index (χ1) is 12.7. The molecular weight excluding hydrogens is 371 g/mol. The number of nitrogens with one attached hydrogen (secondary N) is 2. The number of allylic oxidation sites excluding steroid dienone is 2. The second kappa shape index (κ2) is 7.28. The predicted molar refractivity (Wildman–Crippen MR) is 88.3 cm³/mol. The van der Waals surface area contributed by atoms with Crippen LogP contribution >= 0.6 is 0 Å². The van der Waals surface area contributed by atoms with E-state index in [1.807, 2.05) is 0 Å². The smallest absolute Gasteiger partial charge is 0.378 e. The molecule has 5 nitrogen and oxygen atoms in total. The second-order valence-electron chi connectivity index (χ2n) is 6.15. The largest absolute Gasteiger partial charge is 0.416 e. The highest BCUT2D eigenvalue weighted by Crippen LogP contribution is 2.33. The summed E-state index contributed by atoms with van der Waals surface area (Å²) in [6.07, 6.45) is -7.01. The third-order valence-corrected chi connectivity index (χ3v) is 4.32. The van der Waals surface area contributed by atoms with Gasteiger partial charge in [0.05, 0.1) is 11.5 Å². The average molecular weight is 388 g/mol. The van der Waals surface area contributed by atoms with Crippen molar-refractivity contribution in [2.75, 3.05) is 0 Å². The van der Waals surface area contributed by atoms with E-state index in [4.69, 9.17) is 0 Å². The Morgan fingerprint density at radius 1 is 1.30 bits per heavy atom. The number of aliphatic hydroxyl groups is 1. The van der Waals surface area contributed by atoms with Gasteiger partial charge in [-0.2, -0.15) is 18.3 Å². The van der Waals surface area contributed by atoms with Crippen LogP contribution in [0.25, 0.3) is 0 Å². The molecule has 0 aromatic heterocycles. The number of hydrogen-bond acceptors (Lipinski definition) is 5. The molecule has 1 aromatic carbocycles. The molecule has 1 aromatic rings. The summed E-state index contributed by atoms with van der Waals surface area (Å²) >= 11 is 0. The molecule has 27 heavy (non-hydrogen) atoms. The monoisotopic (exact) mass is 388 g/mol. The van der Waals surface area contributed by atoms with E-state index in [2.05, 4.69) is 22.3 Å². The van der Waals surface area contributed by atoms with Crippen LogP contribution in [0.1, 0.15) is 11.1 Å². The van der Waals surface area contributed by atoms with Crippen molar-refractivity contribution in [2.45, 2.75) is 31.5 Å². The molecule has 0 saturated heterocycles. The van der Waals surface area contributed by atoms with Gasteiger partial charge in [0.25, 0.3) is 6.43 Å². The van der Waals surface area contributed by atoms with E-state index in [0.29, 0.717) is 0 Å². The van der Waals surface area contributed by atoms with Gasteiger partial charge in [-0.05, 0) is 17.7 Å². The lowest BCUT2D eigenvalue weighted by Gasteiger charge is -2.36. The molecule has 0 spiro atoms. The molecule has 3 rings (SSSR count). The fourth-order valence-electron chi connectivity index (χ4n) is 3.04. The summed E-state index contributed by atoms with van der Waals surface area (Å²) in [6.45, 7) is 3.35. The van der Waals surface area contributed by atoms with Crippen molar-refractivity contribution in [1.29, 1.82) is 0 Å². The number of alkyl halides is 5. The fourth-order valence-corrected chi connectivity index (χ4v) is 3.04. The van der Waals surface area contributed by atoms with Crippen LogP contribution in [-0.2, 0) is 12.7 Å². The third kappa shape index (κ3) is 3.96. The second-order valence-corrected chi connectivity index (χ2v) is 6.15. The van der Waals surface area contributed by atoms with Crippen LogP contribution in [-0.4, -0.2) is 35.1 Å². The summed E-state index contributed by atoms with van der Waals surface area (Å²) < 4.78 is 65.4. The molecule has 10 heteroatoms. The Bertz CT molecular complexity index is 777. The van der Waals surface area contributed by atoms with Gasteiger partial charge in [0, 0.05) is 18.5 Å². The molecule has 2 heterocycles. The Morgan fingerprint density at radius 2 is 2.00 bits per heavy atom. The molecule has 0 bridgehead atoms. The molecule has 0 fully saturated rings. The first-order valence-corrected chi connectivity index (χ1v) is 8.03. The Labute approximate surface area is 151 Å². The van der Waals surface area contributed by atoms with Crippen LogP contribution in [0.5, 0.6) is 0 Å². The zero-order valence-electron chi connectivity index (χ0n) is 13.9. The van der Waals surface area contributed by atoms with Gasteiger partial charge >= 0.3 is 6.18 Å². The lowest BCUT2D eigenvalue weighted by Crippen LogP contribution is -2.53. The van der Waals surface area contributed by atoms with Crippen LogP contribution in [0.3, 0.4) is 0 Å². The molecule has 2 aliphatic rings. The van der Waals surface area contributed by atoms with E-state index < -0.39 is 36.5 Å². The number of halogens is 5. The van der Waals surface area contributed by atoms with Gasteiger partial charge in [0.2, 0.25) is 0 Å². The minimum absolute atomic E-state index is 0.0370. The lowest BCUT2D eigenvalue weighted by atomic mass is 10.0. The average Bonchev–Trinajstić information content (AvgIpc) is 3.02. The lowest BCUT2D eigenvalue weighted by molar-refractivity contribution is -0.138.